The second-order valence-corrected chi connectivity index (χ2v) is 8.51. The molecular weight excluding hydrogens is 476 g/mol. The maximum Gasteiger partial charge on any atom is 0.308 e. The highest BCUT2D eigenvalue weighted by atomic mass is 79.9. The van der Waals surface area contributed by atoms with Gasteiger partial charge in [-0.2, -0.15) is 5.26 Å². The Balaban J connectivity index is 1.66. The fraction of sp³-hybridized carbons (Fsp3) is 0.0417. The summed E-state index contributed by atoms with van der Waals surface area (Å²) in [6, 6.07) is 18.5. The maximum atomic E-state index is 11.0. The summed E-state index contributed by atoms with van der Waals surface area (Å²) >= 11 is 4.80. The topological polar surface area (TPSA) is 83.2 Å². The number of hydrogen-bond acceptors (Lipinski definition) is 6. The molecule has 0 atom stereocenters. The zero-order valence-corrected chi connectivity index (χ0v) is 18.7. The molecule has 1 N–H and O–H groups in total. The lowest BCUT2D eigenvalue weighted by molar-refractivity contribution is -0.131. The molecule has 152 valence electrons. The highest BCUT2D eigenvalue weighted by Gasteiger charge is 2.13. The molecule has 5 nitrogen and oxygen atoms in total. The Bertz CT molecular complexity index is 1370. The van der Waals surface area contributed by atoms with Crippen molar-refractivity contribution in [3.05, 3.63) is 75.0 Å². The number of carbonyl (C=O) groups excluding carboxylic acids is 1. The van der Waals surface area contributed by atoms with Gasteiger partial charge in [0.2, 0.25) is 0 Å². The average Bonchev–Trinajstić information content (AvgIpc) is 3.22. The molecule has 0 unspecified atom stereocenters. The maximum absolute atomic E-state index is 11.0. The predicted octanol–water partition coefficient (Wildman–Crippen LogP) is 6.42. The molecule has 0 saturated heterocycles. The molecule has 0 aliphatic carbocycles. The third kappa shape index (κ3) is 4.66. The fourth-order valence-electron chi connectivity index (χ4n) is 3.09. The Morgan fingerprint density at radius 2 is 1.94 bits per heavy atom. The molecule has 0 aliphatic rings. The molecule has 1 heterocycles. The van der Waals surface area contributed by atoms with Gasteiger partial charge in [0.05, 0.1) is 11.3 Å². The summed E-state index contributed by atoms with van der Waals surface area (Å²) in [6.07, 6.45) is 1.72. The van der Waals surface area contributed by atoms with E-state index in [1.165, 1.54) is 18.3 Å². The number of halogens is 1. The Morgan fingerprint density at radius 3 is 2.65 bits per heavy atom. The smallest absolute Gasteiger partial charge is 0.308 e. The molecule has 4 aromatic rings. The van der Waals surface area contributed by atoms with Gasteiger partial charge in [-0.1, -0.05) is 34.1 Å². The number of thiazole rings is 1. The fourth-order valence-corrected chi connectivity index (χ4v) is 4.25. The number of rotatable bonds is 4. The second kappa shape index (κ2) is 8.72. The van der Waals surface area contributed by atoms with E-state index in [0.717, 1.165) is 20.8 Å². The lowest BCUT2D eigenvalue weighted by atomic mass is 10.0. The van der Waals surface area contributed by atoms with Crippen molar-refractivity contribution in [2.24, 2.45) is 0 Å². The van der Waals surface area contributed by atoms with Gasteiger partial charge < -0.3 is 9.84 Å². The van der Waals surface area contributed by atoms with Gasteiger partial charge in [0.1, 0.15) is 22.6 Å². The van der Waals surface area contributed by atoms with Crippen LogP contribution < -0.4 is 4.74 Å². The first-order valence-corrected chi connectivity index (χ1v) is 10.9. The summed E-state index contributed by atoms with van der Waals surface area (Å²) in [5, 5.41) is 24.4. The minimum Gasteiger partial charge on any atom is -0.507 e. The molecule has 0 fully saturated rings. The Labute approximate surface area is 191 Å². The number of esters is 1. The van der Waals surface area contributed by atoms with Gasteiger partial charge in [-0.05, 0) is 58.8 Å². The lowest BCUT2D eigenvalue weighted by Gasteiger charge is -2.05. The highest BCUT2D eigenvalue weighted by Crippen LogP contribution is 2.36. The number of aromatic nitrogens is 1. The number of hydrogen-bond donors (Lipinski definition) is 1. The van der Waals surface area contributed by atoms with Crippen LogP contribution in [-0.2, 0) is 4.79 Å². The van der Waals surface area contributed by atoms with Gasteiger partial charge >= 0.3 is 5.97 Å². The summed E-state index contributed by atoms with van der Waals surface area (Å²) in [7, 11) is 0. The van der Waals surface area contributed by atoms with Gasteiger partial charge in [0.15, 0.2) is 0 Å². The van der Waals surface area contributed by atoms with Gasteiger partial charge in [-0.25, -0.2) is 4.98 Å². The van der Waals surface area contributed by atoms with Crippen molar-refractivity contribution < 1.29 is 14.6 Å². The summed E-state index contributed by atoms with van der Waals surface area (Å²) < 4.78 is 5.97. The van der Waals surface area contributed by atoms with Crippen molar-refractivity contribution in [2.75, 3.05) is 0 Å². The Kier molecular flexibility index (Phi) is 5.85. The first-order chi connectivity index (χ1) is 14.9. The number of ether oxygens (including phenoxy) is 1. The molecule has 1 aromatic heterocycles. The van der Waals surface area contributed by atoms with Crippen molar-refractivity contribution in [1.82, 2.24) is 4.98 Å². The van der Waals surface area contributed by atoms with Crippen LogP contribution in [0.5, 0.6) is 11.5 Å². The van der Waals surface area contributed by atoms with Gasteiger partial charge in [-0.3, -0.25) is 4.79 Å². The monoisotopic (exact) mass is 490 g/mol. The number of nitrogens with zero attached hydrogens (tertiary/aromatic N) is 2. The molecule has 0 saturated carbocycles. The number of aromatic hydroxyl groups is 1. The number of phenols is 1. The number of carbonyl (C=O) groups is 1. The second-order valence-electron chi connectivity index (χ2n) is 6.73. The van der Waals surface area contributed by atoms with Crippen LogP contribution >= 0.6 is 27.3 Å². The van der Waals surface area contributed by atoms with E-state index >= 15 is 0 Å². The molecule has 7 heteroatoms. The summed E-state index contributed by atoms with van der Waals surface area (Å²) in [4.78, 5) is 15.6. The zero-order valence-electron chi connectivity index (χ0n) is 16.3. The van der Waals surface area contributed by atoms with Crippen LogP contribution in [0.2, 0.25) is 0 Å². The molecule has 0 bridgehead atoms. The Hall–Kier alpha value is -3.47. The average molecular weight is 491 g/mol. The molecule has 3 aromatic carbocycles. The normalized spacial score (nSPS) is 11.3. The quantitative estimate of drug-likeness (QED) is 0.202. The van der Waals surface area contributed by atoms with Gasteiger partial charge in [-0.15, -0.1) is 11.3 Å². The van der Waals surface area contributed by atoms with Crippen LogP contribution in [0.25, 0.3) is 33.7 Å². The van der Waals surface area contributed by atoms with Gasteiger partial charge in [0.25, 0.3) is 0 Å². The van der Waals surface area contributed by atoms with Crippen LogP contribution in [0.3, 0.4) is 0 Å². The summed E-state index contributed by atoms with van der Waals surface area (Å²) in [5.41, 5.74) is 2.39. The minimum absolute atomic E-state index is 0.134. The third-order valence-corrected chi connectivity index (χ3v) is 5.87. The number of fused-ring (bicyclic) bond motifs is 1. The molecule has 0 radical (unpaired) electrons. The Morgan fingerprint density at radius 1 is 1.16 bits per heavy atom. The number of benzene rings is 3. The minimum atomic E-state index is -0.388. The van der Waals surface area contributed by atoms with Crippen LogP contribution in [-0.4, -0.2) is 16.1 Å². The summed E-state index contributed by atoms with van der Waals surface area (Å²) in [5.74, 6) is 0.189. The van der Waals surface area contributed by atoms with Crippen molar-refractivity contribution in [1.29, 1.82) is 5.26 Å². The van der Waals surface area contributed by atoms with Crippen LogP contribution in [0.1, 0.15) is 17.5 Å². The highest BCUT2D eigenvalue weighted by molar-refractivity contribution is 9.10. The standard InChI is InChI=1S/C24H15BrN2O3S/c1-14(28)30-20-6-2-15(3-7-20)8-18(12-26)24-27-22(13-31-24)21-10-17-9-19(25)5-4-16(17)11-23(21)29/h2-11,13,29H,1H3/b18-8-. The number of allylic oxidation sites excluding steroid dienone is 1. The molecule has 0 spiro atoms. The van der Waals surface area contributed by atoms with Crippen LogP contribution in [0.15, 0.2) is 64.5 Å². The van der Waals surface area contributed by atoms with E-state index in [0.29, 0.717) is 27.6 Å². The van der Waals surface area contributed by atoms with E-state index in [4.69, 9.17) is 4.74 Å². The van der Waals surface area contributed by atoms with Crippen molar-refractivity contribution in [3.8, 4) is 28.8 Å². The zero-order chi connectivity index (χ0) is 22.0. The first-order valence-electron chi connectivity index (χ1n) is 9.22. The van der Waals surface area contributed by atoms with Crippen molar-refractivity contribution >= 4 is 55.7 Å². The number of phenolic OH excluding ortho intramolecular Hbond substituents is 1. The van der Waals surface area contributed by atoms with Gasteiger partial charge in [0, 0.05) is 22.3 Å². The molecule has 4 rings (SSSR count). The van der Waals surface area contributed by atoms with E-state index in [1.807, 2.05) is 29.6 Å². The van der Waals surface area contributed by atoms with E-state index in [1.54, 1.807) is 36.4 Å². The molecule has 0 aliphatic heterocycles. The first kappa shape index (κ1) is 20.8. The lowest BCUT2D eigenvalue weighted by Crippen LogP contribution is -2.00. The third-order valence-electron chi connectivity index (χ3n) is 4.50. The largest absolute Gasteiger partial charge is 0.507 e. The predicted molar refractivity (Wildman–Crippen MR) is 126 cm³/mol. The van der Waals surface area contributed by atoms with E-state index in [2.05, 4.69) is 27.0 Å². The molecular formula is C24H15BrN2O3S. The number of nitriles is 1. The SMILES string of the molecule is CC(=O)Oc1ccc(/C=C(/C#N)c2nc(-c3cc4cc(Br)ccc4cc3O)cs2)cc1. The molecule has 31 heavy (non-hydrogen) atoms. The van der Waals surface area contributed by atoms with E-state index in [-0.39, 0.29) is 11.7 Å². The van der Waals surface area contributed by atoms with E-state index < -0.39 is 0 Å². The van der Waals surface area contributed by atoms with Crippen LogP contribution in [0, 0.1) is 11.3 Å². The summed E-state index contributed by atoms with van der Waals surface area (Å²) in [6.45, 7) is 1.34. The molecule has 0 amide bonds. The van der Waals surface area contributed by atoms with E-state index in [9.17, 15) is 15.2 Å². The van der Waals surface area contributed by atoms with Crippen LogP contribution in [0.4, 0.5) is 0 Å². The van der Waals surface area contributed by atoms with Crippen molar-refractivity contribution in [3.63, 3.8) is 0 Å². The van der Waals surface area contributed by atoms with Crippen molar-refractivity contribution in [2.45, 2.75) is 6.92 Å².